The van der Waals surface area contributed by atoms with Crippen LogP contribution in [0.1, 0.15) is 41.1 Å². The fourth-order valence-corrected chi connectivity index (χ4v) is 6.87. The zero-order valence-electron chi connectivity index (χ0n) is 16.2. The van der Waals surface area contributed by atoms with Crippen molar-refractivity contribution in [2.75, 3.05) is 19.8 Å². The Hall–Kier alpha value is -2.01. The number of hydrogen-bond donors (Lipinski definition) is 0. The maximum Gasteiger partial charge on any atom is 0.252 e. The van der Waals surface area contributed by atoms with Gasteiger partial charge in [0.2, 0.25) is 0 Å². The number of hydrogen-bond acceptors (Lipinski definition) is 8. The summed E-state index contributed by atoms with van der Waals surface area (Å²) in [6, 6.07) is 3.47. The molecule has 0 amide bonds. The largest absolute Gasteiger partial charge is 0.445 e. The van der Waals surface area contributed by atoms with Gasteiger partial charge in [0, 0.05) is 24.4 Å². The van der Waals surface area contributed by atoms with Crippen LogP contribution in [-0.4, -0.2) is 42.6 Å². The molecule has 2 aliphatic heterocycles. The lowest BCUT2D eigenvalue weighted by Gasteiger charge is -2.23. The van der Waals surface area contributed by atoms with Crippen LogP contribution in [0.25, 0.3) is 10.4 Å². The van der Waals surface area contributed by atoms with Crippen LogP contribution in [0.5, 0.6) is 0 Å². The van der Waals surface area contributed by atoms with Gasteiger partial charge in [-0.05, 0) is 32.4 Å². The van der Waals surface area contributed by atoms with Crippen molar-refractivity contribution in [2.24, 2.45) is 0 Å². The van der Waals surface area contributed by atoms with Crippen molar-refractivity contribution in [1.29, 1.82) is 0 Å². The molecule has 0 N–H and O–H groups in total. The molecule has 5 rings (SSSR count). The van der Waals surface area contributed by atoms with Gasteiger partial charge in [-0.2, -0.15) is 4.31 Å². The van der Waals surface area contributed by atoms with Crippen LogP contribution in [0.3, 0.4) is 0 Å². The van der Waals surface area contributed by atoms with Crippen LogP contribution < -0.4 is 0 Å². The highest BCUT2D eigenvalue weighted by atomic mass is 32.2. The molecule has 5 heterocycles. The van der Waals surface area contributed by atoms with Gasteiger partial charge in [-0.3, -0.25) is 0 Å². The summed E-state index contributed by atoms with van der Waals surface area (Å²) in [5.41, 5.74) is 2.32. The highest BCUT2D eigenvalue weighted by Crippen LogP contribution is 2.37. The summed E-state index contributed by atoms with van der Waals surface area (Å²) in [4.78, 5) is 5.42. The highest BCUT2D eigenvalue weighted by Gasteiger charge is 2.34. The Kier molecular flexibility index (Phi) is 4.61. The lowest BCUT2D eigenvalue weighted by Crippen LogP contribution is -2.35. The lowest BCUT2D eigenvalue weighted by atomic mass is 10.1. The third-order valence-electron chi connectivity index (χ3n) is 5.44. The predicted octanol–water partition coefficient (Wildman–Crippen LogP) is 3.26. The molecule has 1 fully saturated rings. The van der Waals surface area contributed by atoms with E-state index in [1.165, 1.54) is 15.6 Å². The van der Waals surface area contributed by atoms with Gasteiger partial charge in [0.05, 0.1) is 36.0 Å². The van der Waals surface area contributed by atoms with Crippen LogP contribution in [0.4, 0.5) is 0 Å². The standard InChI is InChI=1S/C19H21N3O5S2/c1-11-18(12(2)27-21-11)16-3-4-17(28-16)29(23,24)22-7-5-15-14(9-22)20-19(26-15)13-6-8-25-10-13/h3-4,13H,5-10H2,1-2H3. The Balaban J connectivity index is 1.40. The molecule has 2 aliphatic rings. The average Bonchev–Trinajstić information content (AvgIpc) is 3.47. The summed E-state index contributed by atoms with van der Waals surface area (Å²) in [5.74, 6) is 2.31. The summed E-state index contributed by atoms with van der Waals surface area (Å²) >= 11 is 1.24. The van der Waals surface area contributed by atoms with Crippen molar-refractivity contribution in [2.45, 2.75) is 43.4 Å². The number of thiophene rings is 1. The zero-order chi connectivity index (χ0) is 20.2. The lowest BCUT2D eigenvalue weighted by molar-refractivity contribution is 0.190. The van der Waals surface area contributed by atoms with E-state index in [0.717, 1.165) is 28.3 Å². The first-order chi connectivity index (χ1) is 13.9. The first-order valence-electron chi connectivity index (χ1n) is 9.53. The Bertz CT molecular complexity index is 1140. The number of ether oxygens (including phenoxy) is 1. The zero-order valence-corrected chi connectivity index (χ0v) is 17.8. The number of aryl methyl sites for hydroxylation is 2. The monoisotopic (exact) mass is 435 g/mol. The normalized spacial score (nSPS) is 20.3. The summed E-state index contributed by atoms with van der Waals surface area (Å²) in [7, 11) is -3.62. The second-order valence-corrected chi connectivity index (χ2v) is 10.6. The summed E-state index contributed by atoms with van der Waals surface area (Å²) in [6.45, 7) is 5.61. The Morgan fingerprint density at radius 1 is 1.28 bits per heavy atom. The maximum absolute atomic E-state index is 13.2. The van der Waals surface area contributed by atoms with E-state index in [9.17, 15) is 8.42 Å². The minimum Gasteiger partial charge on any atom is -0.445 e. The first-order valence-corrected chi connectivity index (χ1v) is 11.8. The predicted molar refractivity (Wildman–Crippen MR) is 105 cm³/mol. The van der Waals surface area contributed by atoms with Gasteiger partial charge in [0.25, 0.3) is 10.0 Å². The Morgan fingerprint density at radius 2 is 2.14 bits per heavy atom. The van der Waals surface area contributed by atoms with E-state index in [2.05, 4.69) is 10.1 Å². The van der Waals surface area contributed by atoms with E-state index >= 15 is 0 Å². The smallest absolute Gasteiger partial charge is 0.252 e. The fourth-order valence-electron chi connectivity index (χ4n) is 3.86. The number of sulfonamides is 1. The molecule has 154 valence electrons. The SMILES string of the molecule is Cc1noc(C)c1-c1ccc(S(=O)(=O)N2CCc3oc(C4CCOC4)nc3C2)s1. The highest BCUT2D eigenvalue weighted by molar-refractivity contribution is 7.91. The molecule has 1 atom stereocenters. The Morgan fingerprint density at radius 3 is 2.86 bits per heavy atom. The molecule has 3 aromatic rings. The van der Waals surface area contributed by atoms with Gasteiger partial charge in [0.1, 0.15) is 15.7 Å². The van der Waals surface area contributed by atoms with Gasteiger partial charge < -0.3 is 13.7 Å². The van der Waals surface area contributed by atoms with Crippen molar-refractivity contribution < 1.29 is 22.1 Å². The molecular weight excluding hydrogens is 414 g/mol. The van der Waals surface area contributed by atoms with Crippen molar-refractivity contribution >= 4 is 21.4 Å². The number of oxazole rings is 1. The molecule has 10 heteroatoms. The molecule has 1 saturated heterocycles. The minimum absolute atomic E-state index is 0.167. The summed E-state index contributed by atoms with van der Waals surface area (Å²) < 4.78 is 44.8. The van der Waals surface area contributed by atoms with E-state index in [1.54, 1.807) is 6.07 Å². The van der Waals surface area contributed by atoms with Crippen LogP contribution in [0.2, 0.25) is 0 Å². The third kappa shape index (κ3) is 3.24. The van der Waals surface area contributed by atoms with Gasteiger partial charge in [-0.1, -0.05) is 5.16 Å². The topological polar surface area (TPSA) is 98.7 Å². The number of aromatic nitrogens is 2. The molecule has 3 aromatic heterocycles. The second-order valence-electron chi connectivity index (χ2n) is 7.39. The molecule has 0 spiro atoms. The first kappa shape index (κ1) is 19.0. The molecule has 0 aromatic carbocycles. The van der Waals surface area contributed by atoms with Crippen molar-refractivity contribution in [1.82, 2.24) is 14.4 Å². The summed E-state index contributed by atoms with van der Waals surface area (Å²) in [5, 5.41) is 3.96. The van der Waals surface area contributed by atoms with E-state index in [4.69, 9.17) is 13.7 Å². The number of nitrogens with zero attached hydrogens (tertiary/aromatic N) is 3. The molecule has 0 bridgehead atoms. The van der Waals surface area contributed by atoms with Crippen molar-refractivity contribution in [3.63, 3.8) is 0 Å². The number of rotatable bonds is 4. The minimum atomic E-state index is -3.62. The van der Waals surface area contributed by atoms with Crippen LogP contribution in [0.15, 0.2) is 25.3 Å². The van der Waals surface area contributed by atoms with Gasteiger partial charge >= 0.3 is 0 Å². The van der Waals surface area contributed by atoms with Crippen LogP contribution in [-0.2, 0) is 27.7 Å². The molecular formula is C19H21N3O5S2. The van der Waals surface area contributed by atoms with Gasteiger partial charge in [-0.25, -0.2) is 13.4 Å². The van der Waals surface area contributed by atoms with Crippen LogP contribution >= 0.6 is 11.3 Å². The number of fused-ring (bicyclic) bond motifs is 1. The fraction of sp³-hybridized carbons (Fsp3) is 0.474. The average molecular weight is 436 g/mol. The molecule has 0 radical (unpaired) electrons. The quantitative estimate of drug-likeness (QED) is 0.620. The molecule has 0 aliphatic carbocycles. The van der Waals surface area contributed by atoms with E-state index in [-0.39, 0.29) is 12.5 Å². The molecule has 1 unspecified atom stereocenters. The van der Waals surface area contributed by atoms with Crippen molar-refractivity contribution in [3.05, 3.63) is 40.9 Å². The van der Waals surface area contributed by atoms with Gasteiger partial charge in [-0.15, -0.1) is 11.3 Å². The molecule has 8 nitrogen and oxygen atoms in total. The Labute approximate surface area is 172 Å². The van der Waals surface area contributed by atoms with E-state index < -0.39 is 10.0 Å². The summed E-state index contributed by atoms with van der Waals surface area (Å²) in [6.07, 6.45) is 1.42. The van der Waals surface area contributed by atoms with E-state index in [1.807, 2.05) is 19.9 Å². The molecule has 0 saturated carbocycles. The molecule has 29 heavy (non-hydrogen) atoms. The van der Waals surface area contributed by atoms with Crippen molar-refractivity contribution in [3.8, 4) is 10.4 Å². The van der Waals surface area contributed by atoms with Crippen LogP contribution in [0, 0.1) is 13.8 Å². The maximum atomic E-state index is 13.2. The third-order valence-corrected chi connectivity index (χ3v) is 8.86. The van der Waals surface area contributed by atoms with Gasteiger partial charge in [0.15, 0.2) is 5.89 Å². The van der Waals surface area contributed by atoms with E-state index in [0.29, 0.717) is 47.7 Å². The second kappa shape index (κ2) is 7.05.